The summed E-state index contributed by atoms with van der Waals surface area (Å²) in [6.45, 7) is 12.0. The van der Waals surface area contributed by atoms with Gasteiger partial charge in [-0.15, -0.1) is 0 Å². The lowest BCUT2D eigenvalue weighted by Crippen LogP contribution is -2.54. The Kier molecular flexibility index (Phi) is 8.81. The molecule has 0 amide bonds. The Morgan fingerprint density at radius 1 is 0.833 bits per heavy atom. The molecule has 4 aliphatic rings. The van der Waals surface area contributed by atoms with Gasteiger partial charge in [0.15, 0.2) is 22.3 Å². The van der Waals surface area contributed by atoms with Crippen molar-refractivity contribution in [2.75, 3.05) is 0 Å². The van der Waals surface area contributed by atoms with Gasteiger partial charge < -0.3 is 4.74 Å². The van der Waals surface area contributed by atoms with E-state index >= 15 is 0 Å². The number of fused-ring (bicyclic) bond motifs is 5. The van der Waals surface area contributed by atoms with Crippen LogP contribution in [-0.4, -0.2) is 19.1 Å². The van der Waals surface area contributed by atoms with Gasteiger partial charge in [-0.1, -0.05) is 53.9 Å². The fraction of sp³-hybridized carbons (Fsp3) is 0.818. The van der Waals surface area contributed by atoms with Crippen molar-refractivity contribution in [3.8, 4) is 5.75 Å². The van der Waals surface area contributed by atoms with Crippen LogP contribution in [-0.2, 0) is 10.1 Å². The maximum Gasteiger partial charge on any atom is 0.300 e. The van der Waals surface area contributed by atoms with E-state index in [1.807, 2.05) is 0 Å². The van der Waals surface area contributed by atoms with E-state index in [4.69, 9.17) is 9.29 Å². The third-order valence-electron chi connectivity index (χ3n) is 12.5. The molecular formula is C33H48F4O4S. The largest absolute Gasteiger partial charge is 0.484 e. The van der Waals surface area contributed by atoms with Crippen LogP contribution in [0.4, 0.5) is 17.6 Å². The fourth-order valence-electron chi connectivity index (χ4n) is 10.4. The van der Waals surface area contributed by atoms with E-state index in [0.29, 0.717) is 30.1 Å². The van der Waals surface area contributed by atoms with E-state index in [2.05, 4.69) is 34.6 Å². The van der Waals surface area contributed by atoms with E-state index in [1.54, 1.807) is 0 Å². The highest BCUT2D eigenvalue weighted by atomic mass is 32.2. The smallest absolute Gasteiger partial charge is 0.300 e. The predicted molar refractivity (Wildman–Crippen MR) is 154 cm³/mol. The second-order valence-electron chi connectivity index (χ2n) is 15.1. The summed E-state index contributed by atoms with van der Waals surface area (Å²) >= 11 is 0. The second-order valence-corrected chi connectivity index (χ2v) is 16.4. The average molecular weight is 617 g/mol. The topological polar surface area (TPSA) is 63.6 Å². The Hall–Kier alpha value is -1.35. The Balaban J connectivity index is 1.28. The molecule has 238 valence electrons. The van der Waals surface area contributed by atoms with Crippen LogP contribution in [0.2, 0.25) is 0 Å². The van der Waals surface area contributed by atoms with Crippen molar-refractivity contribution in [1.82, 2.24) is 0 Å². The number of halogens is 4. The summed E-state index contributed by atoms with van der Waals surface area (Å²) in [4.78, 5) is -2.04. The van der Waals surface area contributed by atoms with Crippen LogP contribution in [0.25, 0.3) is 0 Å². The molecule has 6 unspecified atom stereocenters. The molecular weight excluding hydrogens is 568 g/mol. The highest BCUT2D eigenvalue weighted by molar-refractivity contribution is 7.85. The van der Waals surface area contributed by atoms with Gasteiger partial charge in [0, 0.05) is 0 Å². The lowest BCUT2D eigenvalue weighted by molar-refractivity contribution is -0.127. The maximum atomic E-state index is 14.7. The fourth-order valence-corrected chi connectivity index (χ4v) is 11.1. The third-order valence-corrected chi connectivity index (χ3v) is 13.4. The van der Waals surface area contributed by atoms with Crippen molar-refractivity contribution in [3.05, 3.63) is 23.3 Å². The van der Waals surface area contributed by atoms with Gasteiger partial charge in [0.2, 0.25) is 11.6 Å². The molecule has 0 heterocycles. The van der Waals surface area contributed by atoms with Crippen molar-refractivity contribution in [2.45, 2.75) is 123 Å². The summed E-state index contributed by atoms with van der Waals surface area (Å²) < 4.78 is 95.3. The summed E-state index contributed by atoms with van der Waals surface area (Å²) in [7, 11) is -5.51. The number of hydrogen-bond donors (Lipinski definition) is 1. The molecule has 1 aromatic rings. The highest BCUT2D eigenvalue weighted by Gasteiger charge is 2.60. The van der Waals surface area contributed by atoms with Gasteiger partial charge in [-0.2, -0.15) is 17.2 Å². The van der Waals surface area contributed by atoms with Gasteiger partial charge in [-0.05, 0) is 110 Å². The number of benzene rings is 1. The van der Waals surface area contributed by atoms with E-state index in [-0.39, 0.29) is 11.3 Å². The van der Waals surface area contributed by atoms with Gasteiger partial charge >= 0.3 is 10.1 Å². The summed E-state index contributed by atoms with van der Waals surface area (Å²) in [5.74, 6) is -4.95. The van der Waals surface area contributed by atoms with Crippen molar-refractivity contribution in [1.29, 1.82) is 0 Å². The second kappa shape index (κ2) is 11.5. The van der Waals surface area contributed by atoms with Gasteiger partial charge in [0.1, 0.15) is 0 Å². The molecule has 42 heavy (non-hydrogen) atoms. The standard InChI is InChI=1S/C33H48F4O4S/c1-18(2)7-6-8-19(3)23-11-12-24-22-10-9-20-17-21(13-15-32(20,4)25(22)14-16-33(23,24)5)41-30-26(34)28(36)31(42(38,39)40)29(37)27(30)35/h18-25H,6-17H2,1-5H3,(H,38,39,40)/t19?,20?,21-,22?,23?,24?,25?,32-,33+/m0/s1. The number of ether oxygens (including phenoxy) is 1. The molecule has 0 radical (unpaired) electrons. The van der Waals surface area contributed by atoms with Gasteiger partial charge in [0.25, 0.3) is 0 Å². The number of hydrogen-bond acceptors (Lipinski definition) is 3. The molecule has 4 fully saturated rings. The highest BCUT2D eigenvalue weighted by Crippen LogP contribution is 2.68. The summed E-state index contributed by atoms with van der Waals surface area (Å²) in [6, 6.07) is 0. The molecule has 1 aromatic carbocycles. The van der Waals surface area contributed by atoms with Gasteiger partial charge in [-0.3, -0.25) is 4.55 Å². The molecule has 9 atom stereocenters. The molecule has 0 spiro atoms. The van der Waals surface area contributed by atoms with Crippen molar-refractivity contribution in [2.24, 2.45) is 52.3 Å². The molecule has 4 nitrogen and oxygen atoms in total. The monoisotopic (exact) mass is 616 g/mol. The maximum absolute atomic E-state index is 14.7. The minimum Gasteiger partial charge on any atom is -0.484 e. The Labute approximate surface area is 249 Å². The van der Waals surface area contributed by atoms with Crippen LogP contribution < -0.4 is 4.74 Å². The first-order valence-electron chi connectivity index (χ1n) is 16.1. The molecule has 0 aliphatic heterocycles. The van der Waals surface area contributed by atoms with E-state index in [0.717, 1.165) is 42.9 Å². The molecule has 9 heteroatoms. The lowest BCUT2D eigenvalue weighted by Gasteiger charge is -2.61. The molecule has 4 saturated carbocycles. The minimum absolute atomic E-state index is 0.0769. The zero-order chi connectivity index (χ0) is 30.8. The van der Waals surface area contributed by atoms with Crippen molar-refractivity contribution in [3.63, 3.8) is 0 Å². The predicted octanol–water partition coefficient (Wildman–Crippen LogP) is 9.36. The van der Waals surface area contributed by atoms with Crippen molar-refractivity contribution >= 4 is 10.1 Å². The molecule has 0 bridgehead atoms. The zero-order valence-corrected chi connectivity index (χ0v) is 26.5. The quantitative estimate of drug-likeness (QED) is 0.180. The Morgan fingerprint density at radius 3 is 2.07 bits per heavy atom. The molecule has 4 aliphatic carbocycles. The first-order chi connectivity index (χ1) is 19.6. The Bertz CT molecular complexity index is 1260. The average Bonchev–Trinajstić information content (AvgIpc) is 3.26. The van der Waals surface area contributed by atoms with Gasteiger partial charge in [0.05, 0.1) is 6.10 Å². The molecule has 0 aromatic heterocycles. The van der Waals surface area contributed by atoms with Crippen LogP contribution in [0.5, 0.6) is 5.75 Å². The van der Waals surface area contributed by atoms with Crippen LogP contribution in [0.3, 0.4) is 0 Å². The number of rotatable bonds is 8. The van der Waals surface area contributed by atoms with E-state index < -0.39 is 50.1 Å². The Morgan fingerprint density at radius 2 is 1.45 bits per heavy atom. The van der Waals surface area contributed by atoms with Crippen molar-refractivity contribution < 1.29 is 35.3 Å². The summed E-state index contributed by atoms with van der Waals surface area (Å²) in [6.07, 6.45) is 12.3. The summed E-state index contributed by atoms with van der Waals surface area (Å²) in [5.41, 5.74) is 0.465. The molecule has 1 N–H and O–H groups in total. The van der Waals surface area contributed by atoms with Crippen LogP contribution >= 0.6 is 0 Å². The lowest BCUT2D eigenvalue weighted by atomic mass is 9.44. The van der Waals surface area contributed by atoms with Gasteiger partial charge in [-0.25, -0.2) is 8.78 Å². The first-order valence-corrected chi connectivity index (χ1v) is 17.5. The summed E-state index contributed by atoms with van der Waals surface area (Å²) in [5, 5.41) is 0. The molecule has 0 saturated heterocycles. The van der Waals surface area contributed by atoms with Crippen LogP contribution in [0.1, 0.15) is 112 Å². The van der Waals surface area contributed by atoms with Crippen LogP contribution in [0.15, 0.2) is 4.90 Å². The van der Waals surface area contributed by atoms with E-state index in [1.165, 1.54) is 44.9 Å². The zero-order valence-electron chi connectivity index (χ0n) is 25.7. The normalized spacial score (nSPS) is 37.2. The van der Waals surface area contributed by atoms with E-state index in [9.17, 15) is 26.0 Å². The first kappa shape index (κ1) is 32.1. The SMILES string of the molecule is CC(C)CCCC(C)C1CCC2C3CCC4C[C@@H](Oc5c(F)c(F)c(S(=O)(=O)O)c(F)c5F)CC[C@]4(C)C3CC[C@]12C. The minimum atomic E-state index is -5.51. The van der Waals surface area contributed by atoms with Crippen LogP contribution in [0, 0.1) is 75.5 Å². The third kappa shape index (κ3) is 5.41. The molecule has 5 rings (SSSR count).